The van der Waals surface area contributed by atoms with E-state index in [0.29, 0.717) is 12.1 Å². The molecule has 3 atom stereocenters. The van der Waals surface area contributed by atoms with Crippen LogP contribution in [0.15, 0.2) is 16.6 Å². The van der Waals surface area contributed by atoms with Crippen molar-refractivity contribution in [3.8, 4) is 0 Å². The van der Waals surface area contributed by atoms with Crippen LogP contribution < -0.4 is 5.32 Å². The van der Waals surface area contributed by atoms with E-state index >= 15 is 0 Å². The first kappa shape index (κ1) is 14.9. The monoisotopic (exact) mass is 333 g/mol. The van der Waals surface area contributed by atoms with Crippen molar-refractivity contribution < 1.29 is 13.5 Å². The molecule has 106 valence electrons. The summed E-state index contributed by atoms with van der Waals surface area (Å²) in [5.74, 6) is -0.868. The third-order valence-corrected chi connectivity index (χ3v) is 4.04. The van der Waals surface area contributed by atoms with E-state index in [2.05, 4.69) is 21.2 Å². The van der Waals surface area contributed by atoms with Crippen molar-refractivity contribution in [2.75, 3.05) is 6.54 Å². The largest absolute Gasteiger partial charge is 0.373 e. The van der Waals surface area contributed by atoms with E-state index < -0.39 is 11.6 Å². The van der Waals surface area contributed by atoms with Gasteiger partial charge in [0.1, 0.15) is 11.6 Å². The first-order valence-corrected chi connectivity index (χ1v) is 7.35. The lowest BCUT2D eigenvalue weighted by atomic mass is 9.98. The summed E-state index contributed by atoms with van der Waals surface area (Å²) in [6.45, 7) is 4.62. The highest BCUT2D eigenvalue weighted by molar-refractivity contribution is 9.10. The number of halogens is 3. The molecule has 0 saturated carbocycles. The minimum absolute atomic E-state index is 0.106. The molecule has 0 aromatic heterocycles. The van der Waals surface area contributed by atoms with E-state index in [9.17, 15) is 8.78 Å². The zero-order chi connectivity index (χ0) is 14.0. The van der Waals surface area contributed by atoms with Gasteiger partial charge in [0.05, 0.1) is 22.7 Å². The van der Waals surface area contributed by atoms with Crippen molar-refractivity contribution in [3.63, 3.8) is 0 Å². The molecule has 0 spiro atoms. The van der Waals surface area contributed by atoms with Crippen LogP contribution >= 0.6 is 15.9 Å². The third-order valence-electron chi connectivity index (χ3n) is 3.44. The summed E-state index contributed by atoms with van der Waals surface area (Å²) in [5.41, 5.74) is 0.335. The average Bonchev–Trinajstić information content (AvgIpc) is 2.78. The number of likely N-dealkylation sites (N-methyl/N-ethyl adjacent to an activating group) is 1. The molecule has 0 aliphatic carbocycles. The summed E-state index contributed by atoms with van der Waals surface area (Å²) in [6.07, 6.45) is 1.88. The molecule has 0 bridgehead atoms. The van der Waals surface area contributed by atoms with Crippen LogP contribution in [0.1, 0.15) is 38.3 Å². The van der Waals surface area contributed by atoms with Crippen molar-refractivity contribution in [2.24, 2.45) is 0 Å². The zero-order valence-corrected chi connectivity index (χ0v) is 12.6. The van der Waals surface area contributed by atoms with Gasteiger partial charge in [-0.15, -0.1) is 0 Å². The Morgan fingerprint density at radius 2 is 2.11 bits per heavy atom. The fraction of sp³-hybridized carbons (Fsp3) is 0.571. The fourth-order valence-electron chi connectivity index (χ4n) is 2.52. The van der Waals surface area contributed by atoms with Crippen molar-refractivity contribution >= 4 is 15.9 Å². The second-order valence-corrected chi connectivity index (χ2v) is 5.74. The maximum Gasteiger partial charge on any atom is 0.137 e. The van der Waals surface area contributed by atoms with E-state index in [0.717, 1.165) is 12.8 Å². The Balaban J connectivity index is 2.30. The topological polar surface area (TPSA) is 21.3 Å². The van der Waals surface area contributed by atoms with Crippen LogP contribution in [0, 0.1) is 11.6 Å². The highest BCUT2D eigenvalue weighted by atomic mass is 79.9. The summed E-state index contributed by atoms with van der Waals surface area (Å²) in [7, 11) is 0. The minimum Gasteiger partial charge on any atom is -0.373 e. The SMILES string of the molecule is CCNC(c1cc(F)c(Br)cc1F)C1CCC(C)O1. The van der Waals surface area contributed by atoms with E-state index in [4.69, 9.17) is 4.74 Å². The second kappa shape index (κ2) is 6.29. The fourth-order valence-corrected chi connectivity index (χ4v) is 2.83. The van der Waals surface area contributed by atoms with Crippen LogP contribution in [0.4, 0.5) is 8.78 Å². The van der Waals surface area contributed by atoms with Crippen molar-refractivity contribution in [1.29, 1.82) is 0 Å². The summed E-state index contributed by atoms with van der Waals surface area (Å²) in [6, 6.07) is 2.12. The first-order chi connectivity index (χ1) is 9.02. The minimum atomic E-state index is -0.453. The van der Waals surface area contributed by atoms with Crippen LogP contribution in [0.3, 0.4) is 0 Å². The van der Waals surface area contributed by atoms with Crippen LogP contribution in [0.25, 0.3) is 0 Å². The molecule has 1 aliphatic heterocycles. The van der Waals surface area contributed by atoms with Gasteiger partial charge in [0.25, 0.3) is 0 Å². The van der Waals surface area contributed by atoms with Gasteiger partial charge < -0.3 is 10.1 Å². The molecule has 1 N–H and O–H groups in total. The molecule has 5 heteroatoms. The van der Waals surface area contributed by atoms with Gasteiger partial charge in [0.2, 0.25) is 0 Å². The number of hydrogen-bond donors (Lipinski definition) is 1. The molecule has 1 aromatic rings. The zero-order valence-electron chi connectivity index (χ0n) is 11.1. The average molecular weight is 334 g/mol. The van der Waals surface area contributed by atoms with Crippen molar-refractivity contribution in [2.45, 2.75) is 44.9 Å². The third kappa shape index (κ3) is 3.33. The lowest BCUT2D eigenvalue weighted by Gasteiger charge is -2.25. The maximum absolute atomic E-state index is 14.1. The van der Waals surface area contributed by atoms with E-state index in [1.54, 1.807) is 0 Å². The Morgan fingerprint density at radius 3 is 2.68 bits per heavy atom. The highest BCUT2D eigenvalue weighted by Gasteiger charge is 2.32. The van der Waals surface area contributed by atoms with E-state index in [-0.39, 0.29) is 22.7 Å². The normalized spacial score (nSPS) is 24.7. The van der Waals surface area contributed by atoms with Crippen LogP contribution in [-0.4, -0.2) is 18.8 Å². The number of hydrogen-bond acceptors (Lipinski definition) is 2. The summed E-state index contributed by atoms with van der Waals surface area (Å²) < 4.78 is 33.6. The molecule has 0 amide bonds. The van der Waals surface area contributed by atoms with Gasteiger partial charge in [-0.25, -0.2) is 8.78 Å². The number of rotatable bonds is 4. The van der Waals surface area contributed by atoms with Crippen molar-refractivity contribution in [3.05, 3.63) is 33.8 Å². The molecule has 1 aliphatic rings. The summed E-state index contributed by atoms with van der Waals surface area (Å²) >= 11 is 2.99. The molecule has 1 aromatic carbocycles. The predicted octanol–water partition coefficient (Wildman–Crippen LogP) is 3.95. The van der Waals surface area contributed by atoms with Crippen LogP contribution in [-0.2, 0) is 4.74 Å². The molecular weight excluding hydrogens is 316 g/mol. The first-order valence-electron chi connectivity index (χ1n) is 6.56. The highest BCUT2D eigenvalue weighted by Crippen LogP contribution is 2.33. The molecular formula is C14H18BrF2NO. The Hall–Kier alpha value is -0.520. The number of benzene rings is 1. The number of ether oxygens (including phenoxy) is 1. The van der Waals surface area contributed by atoms with Gasteiger partial charge in [-0.05, 0) is 54.4 Å². The molecule has 1 saturated heterocycles. The molecule has 0 radical (unpaired) electrons. The second-order valence-electron chi connectivity index (χ2n) is 4.89. The predicted molar refractivity (Wildman–Crippen MR) is 74.0 cm³/mol. The summed E-state index contributed by atoms with van der Waals surface area (Å²) in [4.78, 5) is 0. The van der Waals surface area contributed by atoms with Gasteiger partial charge in [0, 0.05) is 5.56 Å². The molecule has 19 heavy (non-hydrogen) atoms. The van der Waals surface area contributed by atoms with Gasteiger partial charge in [-0.1, -0.05) is 6.92 Å². The van der Waals surface area contributed by atoms with Crippen LogP contribution in [0.2, 0.25) is 0 Å². The molecule has 2 rings (SSSR count). The van der Waals surface area contributed by atoms with Crippen molar-refractivity contribution in [1.82, 2.24) is 5.32 Å². The standard InChI is InChI=1S/C14H18BrF2NO/c1-3-18-14(13-5-4-8(2)19-13)9-6-12(17)10(15)7-11(9)16/h6-8,13-14,18H,3-5H2,1-2H3. The smallest absolute Gasteiger partial charge is 0.137 e. The molecule has 1 fully saturated rings. The van der Waals surface area contributed by atoms with Gasteiger partial charge in [-0.2, -0.15) is 0 Å². The molecule has 1 heterocycles. The Bertz CT molecular complexity index is 455. The van der Waals surface area contributed by atoms with E-state index in [1.165, 1.54) is 12.1 Å². The maximum atomic E-state index is 14.1. The lowest BCUT2D eigenvalue weighted by molar-refractivity contribution is 0.0311. The van der Waals surface area contributed by atoms with E-state index in [1.807, 2.05) is 13.8 Å². The van der Waals surface area contributed by atoms with Gasteiger partial charge in [0.15, 0.2) is 0 Å². The van der Waals surface area contributed by atoms with Gasteiger partial charge >= 0.3 is 0 Å². The van der Waals surface area contributed by atoms with Gasteiger partial charge in [-0.3, -0.25) is 0 Å². The Kier molecular flexibility index (Phi) is 4.92. The molecule has 2 nitrogen and oxygen atoms in total. The number of nitrogens with one attached hydrogen (secondary N) is 1. The Morgan fingerprint density at radius 1 is 1.37 bits per heavy atom. The Labute approximate surface area is 120 Å². The lowest BCUT2D eigenvalue weighted by Crippen LogP contribution is -2.33. The molecule has 3 unspecified atom stereocenters. The quantitative estimate of drug-likeness (QED) is 0.842. The summed E-state index contributed by atoms with van der Waals surface area (Å²) in [5, 5.41) is 3.20. The van der Waals surface area contributed by atoms with Crippen LogP contribution in [0.5, 0.6) is 0 Å².